The number of rotatable bonds is 7. The van der Waals surface area contributed by atoms with E-state index in [-0.39, 0.29) is 0 Å². The zero-order valence-electron chi connectivity index (χ0n) is 24.2. The summed E-state index contributed by atoms with van der Waals surface area (Å²) in [7, 11) is 4.00. The van der Waals surface area contributed by atoms with E-state index in [1.165, 1.54) is 59.2 Å². The Labute approximate surface area is 233 Å². The molecule has 6 nitrogen and oxygen atoms in total. The van der Waals surface area contributed by atoms with Crippen molar-refractivity contribution >= 4 is 5.69 Å². The van der Waals surface area contributed by atoms with Crippen LogP contribution in [-0.2, 0) is 6.42 Å². The van der Waals surface area contributed by atoms with E-state index in [0.29, 0.717) is 24.3 Å². The number of hydrogen-bond donors (Lipinski definition) is 0. The van der Waals surface area contributed by atoms with E-state index in [2.05, 4.69) is 74.1 Å². The first-order chi connectivity index (χ1) is 18.9. The monoisotopic (exact) mass is 526 g/mol. The molecule has 1 aromatic heterocycles. The third kappa shape index (κ3) is 5.36. The van der Waals surface area contributed by atoms with Gasteiger partial charge in [0.1, 0.15) is 23.9 Å². The summed E-state index contributed by atoms with van der Waals surface area (Å²) in [6.45, 7) is 10.6. The van der Waals surface area contributed by atoms with Gasteiger partial charge in [-0.25, -0.2) is 9.97 Å². The number of anilines is 1. The van der Waals surface area contributed by atoms with Crippen molar-refractivity contribution in [1.82, 2.24) is 14.9 Å². The molecule has 2 aliphatic heterocycles. The van der Waals surface area contributed by atoms with Crippen LogP contribution in [0.25, 0.3) is 11.3 Å². The molecular weight excluding hydrogens is 484 g/mol. The summed E-state index contributed by atoms with van der Waals surface area (Å²) >= 11 is 0. The van der Waals surface area contributed by atoms with Crippen molar-refractivity contribution in [3.8, 4) is 22.8 Å². The Kier molecular flexibility index (Phi) is 7.23. The van der Waals surface area contributed by atoms with Gasteiger partial charge in [0.05, 0.1) is 25.0 Å². The van der Waals surface area contributed by atoms with Crippen LogP contribution < -0.4 is 14.4 Å². The highest BCUT2D eigenvalue weighted by Crippen LogP contribution is 2.46. The summed E-state index contributed by atoms with van der Waals surface area (Å²) in [5.41, 5.74) is 8.41. The summed E-state index contributed by atoms with van der Waals surface area (Å²) in [6, 6.07) is 11.7. The molecule has 0 spiro atoms. The van der Waals surface area contributed by atoms with E-state index >= 15 is 0 Å². The normalized spacial score (nSPS) is 18.3. The van der Waals surface area contributed by atoms with Crippen molar-refractivity contribution < 1.29 is 9.47 Å². The third-order valence-corrected chi connectivity index (χ3v) is 8.74. The second-order valence-electron chi connectivity index (χ2n) is 12.0. The number of fused-ring (bicyclic) bond motifs is 1. The minimum Gasteiger partial charge on any atom is -0.496 e. The maximum absolute atomic E-state index is 6.11. The first kappa shape index (κ1) is 26.1. The number of ether oxygens (including phenoxy) is 2. The van der Waals surface area contributed by atoms with Crippen LogP contribution in [0.4, 0.5) is 5.69 Å². The molecule has 2 aromatic carbocycles. The third-order valence-electron chi connectivity index (χ3n) is 8.74. The van der Waals surface area contributed by atoms with Crippen molar-refractivity contribution in [2.75, 3.05) is 45.3 Å². The van der Waals surface area contributed by atoms with Crippen LogP contribution >= 0.6 is 0 Å². The molecule has 6 rings (SSSR count). The molecule has 0 unspecified atom stereocenters. The molecule has 3 heterocycles. The zero-order valence-corrected chi connectivity index (χ0v) is 24.2. The molecule has 3 aromatic rings. The maximum atomic E-state index is 6.11. The highest BCUT2D eigenvalue weighted by Gasteiger charge is 2.30. The average Bonchev–Trinajstić information content (AvgIpc) is 3.79. The van der Waals surface area contributed by atoms with Gasteiger partial charge in [0, 0.05) is 24.2 Å². The molecule has 1 saturated heterocycles. The van der Waals surface area contributed by atoms with Crippen LogP contribution in [0.1, 0.15) is 79.4 Å². The van der Waals surface area contributed by atoms with Crippen LogP contribution in [0.2, 0.25) is 0 Å². The number of methoxy groups -OCH3 is 1. The number of hydrogen-bond acceptors (Lipinski definition) is 6. The SMILES string of the molecule is COc1cc(Cc2ncc(C3CC3)c(-c3cc(C)c4c(c3)N(C(C)C)CCO4)n2)ccc1C1CCN(C)CC1. The Morgan fingerprint density at radius 1 is 1.00 bits per heavy atom. The number of piperidine rings is 1. The smallest absolute Gasteiger partial charge is 0.145 e. The second-order valence-corrected chi connectivity index (χ2v) is 12.0. The number of likely N-dealkylation sites (tertiary alicyclic amines) is 1. The van der Waals surface area contributed by atoms with Gasteiger partial charge in [0.15, 0.2) is 0 Å². The van der Waals surface area contributed by atoms with Crippen molar-refractivity contribution in [2.24, 2.45) is 0 Å². The lowest BCUT2D eigenvalue weighted by Gasteiger charge is -2.35. The molecule has 206 valence electrons. The number of aromatic nitrogens is 2. The average molecular weight is 527 g/mol. The summed E-state index contributed by atoms with van der Waals surface area (Å²) < 4.78 is 12.0. The summed E-state index contributed by atoms with van der Waals surface area (Å²) in [5, 5.41) is 0. The topological polar surface area (TPSA) is 50.7 Å². The van der Waals surface area contributed by atoms with Gasteiger partial charge in [-0.15, -0.1) is 0 Å². The van der Waals surface area contributed by atoms with Gasteiger partial charge >= 0.3 is 0 Å². The predicted octanol–water partition coefficient (Wildman–Crippen LogP) is 6.35. The van der Waals surface area contributed by atoms with E-state index in [9.17, 15) is 0 Å². The summed E-state index contributed by atoms with van der Waals surface area (Å²) in [6.07, 6.45) is 7.58. The Morgan fingerprint density at radius 3 is 2.49 bits per heavy atom. The van der Waals surface area contributed by atoms with Crippen molar-refractivity contribution in [3.05, 3.63) is 64.6 Å². The Bertz CT molecular complexity index is 1340. The van der Waals surface area contributed by atoms with E-state index in [1.807, 2.05) is 0 Å². The Hall–Kier alpha value is -3.12. The Balaban J connectivity index is 1.32. The number of benzene rings is 2. The van der Waals surface area contributed by atoms with E-state index in [0.717, 1.165) is 49.3 Å². The van der Waals surface area contributed by atoms with Crippen molar-refractivity contribution in [2.45, 2.75) is 70.8 Å². The van der Waals surface area contributed by atoms with Crippen LogP contribution in [0.5, 0.6) is 11.5 Å². The van der Waals surface area contributed by atoms with Crippen LogP contribution in [-0.4, -0.2) is 61.3 Å². The highest BCUT2D eigenvalue weighted by atomic mass is 16.5. The first-order valence-corrected chi connectivity index (χ1v) is 14.7. The molecule has 0 amide bonds. The quantitative estimate of drug-likeness (QED) is 0.358. The van der Waals surface area contributed by atoms with E-state index < -0.39 is 0 Å². The van der Waals surface area contributed by atoms with Crippen LogP contribution in [0, 0.1) is 6.92 Å². The maximum Gasteiger partial charge on any atom is 0.145 e. The molecule has 39 heavy (non-hydrogen) atoms. The first-order valence-electron chi connectivity index (χ1n) is 14.7. The standard InChI is InChI=1S/C33H42N4O2/c1-21(2)37-14-15-39-33-22(3)16-26(19-29(33)37)32-28(24-7-8-24)20-34-31(35-32)18-23-6-9-27(30(17-23)38-5)25-10-12-36(4)13-11-25/h6,9,16-17,19-21,24-25H,7-8,10-15,18H2,1-5H3. The van der Waals surface area contributed by atoms with Gasteiger partial charge < -0.3 is 19.3 Å². The van der Waals surface area contributed by atoms with Gasteiger partial charge in [0.2, 0.25) is 0 Å². The molecule has 0 bridgehead atoms. The molecule has 3 aliphatic rings. The molecule has 2 fully saturated rings. The highest BCUT2D eigenvalue weighted by molar-refractivity contribution is 5.76. The summed E-state index contributed by atoms with van der Waals surface area (Å²) in [4.78, 5) is 14.9. The number of aryl methyl sites for hydroxylation is 1. The van der Waals surface area contributed by atoms with Crippen molar-refractivity contribution in [1.29, 1.82) is 0 Å². The fourth-order valence-corrected chi connectivity index (χ4v) is 6.34. The largest absolute Gasteiger partial charge is 0.496 e. The molecule has 0 radical (unpaired) electrons. The zero-order chi connectivity index (χ0) is 27.1. The molecule has 0 atom stereocenters. The lowest BCUT2D eigenvalue weighted by molar-refractivity contribution is 0.252. The molecule has 0 N–H and O–H groups in total. The molecule has 1 saturated carbocycles. The van der Waals surface area contributed by atoms with Crippen molar-refractivity contribution in [3.63, 3.8) is 0 Å². The second kappa shape index (κ2) is 10.8. The lowest BCUT2D eigenvalue weighted by atomic mass is 9.88. The predicted molar refractivity (Wildman–Crippen MR) is 157 cm³/mol. The number of nitrogens with zero attached hydrogens (tertiary/aromatic N) is 4. The molecular formula is C33H42N4O2. The van der Waals surface area contributed by atoms with E-state index in [1.54, 1.807) is 7.11 Å². The lowest BCUT2D eigenvalue weighted by Crippen LogP contribution is -2.38. The van der Waals surface area contributed by atoms with Gasteiger partial charge in [-0.1, -0.05) is 12.1 Å². The Morgan fingerprint density at radius 2 is 1.77 bits per heavy atom. The molecule has 6 heteroatoms. The van der Waals surface area contributed by atoms with Gasteiger partial charge in [0.25, 0.3) is 0 Å². The van der Waals surface area contributed by atoms with Crippen LogP contribution in [0.15, 0.2) is 36.5 Å². The minimum atomic E-state index is 0.415. The minimum absolute atomic E-state index is 0.415. The van der Waals surface area contributed by atoms with Gasteiger partial charge in [-0.2, -0.15) is 0 Å². The van der Waals surface area contributed by atoms with Crippen LogP contribution in [0.3, 0.4) is 0 Å². The summed E-state index contributed by atoms with van der Waals surface area (Å²) in [5.74, 6) is 3.99. The van der Waals surface area contributed by atoms with E-state index in [4.69, 9.17) is 19.4 Å². The fraction of sp³-hybridized carbons (Fsp3) is 0.515. The van der Waals surface area contributed by atoms with Gasteiger partial charge in [-0.05, 0) is 119 Å². The molecule has 1 aliphatic carbocycles. The van der Waals surface area contributed by atoms with Gasteiger partial charge in [-0.3, -0.25) is 0 Å². The fourth-order valence-electron chi connectivity index (χ4n) is 6.34.